The molecule has 6 N–H and O–H groups in total. The average molecular weight is 410 g/mol. The lowest BCUT2D eigenvalue weighted by Crippen LogP contribution is -2.33. The Morgan fingerprint density at radius 3 is 2.07 bits per heavy atom. The molecule has 29 heavy (non-hydrogen) atoms. The van der Waals surface area contributed by atoms with Gasteiger partial charge in [0.15, 0.2) is 0 Å². The largest absolute Gasteiger partial charge is 0.397 e. The summed E-state index contributed by atoms with van der Waals surface area (Å²) in [6.07, 6.45) is 2.49. The third-order valence-electron chi connectivity index (χ3n) is 5.06. The fraction of sp³-hybridized carbons (Fsp3) is 0.261. The van der Waals surface area contributed by atoms with Crippen molar-refractivity contribution in [3.63, 3.8) is 0 Å². The molecule has 0 aliphatic carbocycles. The molecule has 0 atom stereocenters. The minimum atomic E-state index is 0.237. The topological polar surface area (TPSA) is 91.2 Å². The number of rotatable bonds is 8. The standard InChI is InChI=1S/C23H28ClN5/c24-20(22(26)18-11-5-2-6-12-18)19(21(25)17-9-3-1-4-10-17)23(27)28-13-16-29-14-7-8-15-29/h1-6,9-12,25,28H,7-8,13-16,26-27H2/b22-20+,23-19-,25-21?. The number of allylic oxidation sites excluding steroid dienone is 2. The minimum Gasteiger partial charge on any atom is -0.397 e. The van der Waals surface area contributed by atoms with Crippen molar-refractivity contribution in [2.45, 2.75) is 12.8 Å². The van der Waals surface area contributed by atoms with Crippen LogP contribution in [0.15, 0.2) is 77.1 Å². The Balaban J connectivity index is 1.91. The highest BCUT2D eigenvalue weighted by atomic mass is 35.5. The van der Waals surface area contributed by atoms with Gasteiger partial charge in [0.05, 0.1) is 22.0 Å². The Bertz CT molecular complexity index is 884. The normalized spacial score (nSPS) is 16.2. The Kier molecular flexibility index (Phi) is 7.33. The lowest BCUT2D eigenvalue weighted by atomic mass is 9.99. The van der Waals surface area contributed by atoms with Crippen LogP contribution in [0.25, 0.3) is 5.70 Å². The maximum atomic E-state index is 8.74. The highest BCUT2D eigenvalue weighted by molar-refractivity contribution is 6.39. The number of nitrogens with zero attached hydrogens (tertiary/aromatic N) is 1. The molecule has 6 heteroatoms. The van der Waals surface area contributed by atoms with E-state index < -0.39 is 0 Å². The number of likely N-dealkylation sites (tertiary alicyclic amines) is 1. The number of hydrogen-bond acceptors (Lipinski definition) is 5. The predicted molar refractivity (Wildman–Crippen MR) is 122 cm³/mol. The second-order valence-corrected chi connectivity index (χ2v) is 7.48. The predicted octanol–water partition coefficient (Wildman–Crippen LogP) is 3.48. The van der Waals surface area contributed by atoms with Crippen LogP contribution in [-0.4, -0.2) is 36.8 Å². The van der Waals surface area contributed by atoms with Gasteiger partial charge in [0.2, 0.25) is 0 Å². The summed E-state index contributed by atoms with van der Waals surface area (Å²) in [7, 11) is 0. The van der Waals surface area contributed by atoms with Crippen LogP contribution in [0.3, 0.4) is 0 Å². The van der Waals surface area contributed by atoms with E-state index in [0.29, 0.717) is 23.6 Å². The Hall–Kier alpha value is -2.76. The lowest BCUT2D eigenvalue weighted by Gasteiger charge is -2.19. The summed E-state index contributed by atoms with van der Waals surface area (Å²) in [5.74, 6) is 0.363. The van der Waals surface area contributed by atoms with Crippen molar-refractivity contribution in [3.8, 4) is 0 Å². The molecule has 0 amide bonds. The van der Waals surface area contributed by atoms with Crippen LogP contribution >= 0.6 is 11.6 Å². The molecule has 0 bridgehead atoms. The molecular formula is C23H28ClN5. The van der Waals surface area contributed by atoms with Gasteiger partial charge in [0.1, 0.15) is 5.82 Å². The van der Waals surface area contributed by atoms with E-state index in [4.69, 9.17) is 28.5 Å². The summed E-state index contributed by atoms with van der Waals surface area (Å²) in [5, 5.41) is 12.3. The van der Waals surface area contributed by atoms with Crippen LogP contribution in [-0.2, 0) is 0 Å². The summed E-state index contributed by atoms with van der Waals surface area (Å²) >= 11 is 6.70. The zero-order chi connectivity index (χ0) is 20.6. The van der Waals surface area contributed by atoms with Gasteiger partial charge in [-0.25, -0.2) is 0 Å². The minimum absolute atomic E-state index is 0.237. The van der Waals surface area contributed by atoms with Gasteiger partial charge in [-0.1, -0.05) is 72.3 Å². The molecule has 5 nitrogen and oxygen atoms in total. The van der Waals surface area contributed by atoms with E-state index in [-0.39, 0.29) is 10.7 Å². The second-order valence-electron chi connectivity index (χ2n) is 7.10. The van der Waals surface area contributed by atoms with Crippen molar-refractivity contribution in [1.29, 1.82) is 5.41 Å². The second kappa shape index (κ2) is 10.1. The smallest absolute Gasteiger partial charge is 0.107 e. The molecule has 0 radical (unpaired) electrons. The van der Waals surface area contributed by atoms with Crippen LogP contribution in [0.4, 0.5) is 0 Å². The monoisotopic (exact) mass is 409 g/mol. The molecule has 1 saturated heterocycles. The zero-order valence-corrected chi connectivity index (χ0v) is 17.3. The summed E-state index contributed by atoms with van der Waals surface area (Å²) in [5.41, 5.74) is 15.3. The van der Waals surface area contributed by atoms with Crippen LogP contribution in [0.5, 0.6) is 0 Å². The summed E-state index contributed by atoms with van der Waals surface area (Å²) in [6, 6.07) is 18.9. The van der Waals surface area contributed by atoms with Crippen LogP contribution in [0.2, 0.25) is 0 Å². The molecule has 0 spiro atoms. The van der Waals surface area contributed by atoms with E-state index in [9.17, 15) is 0 Å². The van der Waals surface area contributed by atoms with Gasteiger partial charge in [-0.05, 0) is 31.5 Å². The quantitative estimate of drug-likeness (QED) is 0.397. The first-order valence-electron chi connectivity index (χ1n) is 9.89. The van der Waals surface area contributed by atoms with Gasteiger partial charge < -0.3 is 21.7 Å². The first-order chi connectivity index (χ1) is 14.1. The van der Waals surface area contributed by atoms with Crippen molar-refractivity contribution < 1.29 is 0 Å². The first kappa shape index (κ1) is 21.0. The lowest BCUT2D eigenvalue weighted by molar-refractivity contribution is 0.340. The molecule has 0 aromatic heterocycles. The molecule has 3 rings (SSSR count). The highest BCUT2D eigenvalue weighted by Crippen LogP contribution is 2.27. The van der Waals surface area contributed by atoms with Gasteiger partial charge in [-0.3, -0.25) is 5.41 Å². The molecule has 152 valence electrons. The number of hydrogen-bond donors (Lipinski definition) is 4. The average Bonchev–Trinajstić information content (AvgIpc) is 3.28. The van der Waals surface area contributed by atoms with Crippen LogP contribution < -0.4 is 16.8 Å². The fourth-order valence-corrected chi connectivity index (χ4v) is 3.74. The van der Waals surface area contributed by atoms with Gasteiger partial charge in [-0.15, -0.1) is 0 Å². The fourth-order valence-electron chi connectivity index (χ4n) is 3.43. The molecule has 1 fully saturated rings. The van der Waals surface area contributed by atoms with Crippen molar-refractivity contribution in [3.05, 3.63) is 88.2 Å². The van der Waals surface area contributed by atoms with Crippen LogP contribution in [0, 0.1) is 5.41 Å². The molecule has 0 saturated carbocycles. The van der Waals surface area contributed by atoms with E-state index in [2.05, 4.69) is 10.2 Å². The molecule has 1 heterocycles. The van der Waals surface area contributed by atoms with E-state index in [1.807, 2.05) is 60.7 Å². The third kappa shape index (κ3) is 5.40. The summed E-state index contributed by atoms with van der Waals surface area (Å²) < 4.78 is 0. The van der Waals surface area contributed by atoms with Crippen molar-refractivity contribution in [2.24, 2.45) is 11.5 Å². The maximum Gasteiger partial charge on any atom is 0.107 e. The Morgan fingerprint density at radius 2 is 1.48 bits per heavy atom. The van der Waals surface area contributed by atoms with Crippen molar-refractivity contribution in [1.82, 2.24) is 10.2 Å². The molecule has 2 aromatic carbocycles. The van der Waals surface area contributed by atoms with Crippen molar-refractivity contribution in [2.75, 3.05) is 26.2 Å². The van der Waals surface area contributed by atoms with E-state index >= 15 is 0 Å². The van der Waals surface area contributed by atoms with Gasteiger partial charge in [0.25, 0.3) is 0 Å². The van der Waals surface area contributed by atoms with E-state index in [1.165, 1.54) is 12.8 Å². The van der Waals surface area contributed by atoms with Crippen LogP contribution in [0.1, 0.15) is 24.0 Å². The van der Waals surface area contributed by atoms with E-state index in [1.54, 1.807) is 0 Å². The number of nitrogens with one attached hydrogen (secondary N) is 2. The molecular weight excluding hydrogens is 382 g/mol. The SMILES string of the molecule is N=C(C(=C(/N)NCCN1CCCC1)/C(Cl)=C(\N)c1ccccc1)c1ccccc1. The van der Waals surface area contributed by atoms with E-state index in [0.717, 1.165) is 30.8 Å². The molecule has 1 aliphatic rings. The number of halogens is 1. The third-order valence-corrected chi connectivity index (χ3v) is 5.46. The number of benzene rings is 2. The zero-order valence-electron chi connectivity index (χ0n) is 16.5. The molecule has 1 aliphatic heterocycles. The van der Waals surface area contributed by atoms with Gasteiger partial charge >= 0.3 is 0 Å². The highest BCUT2D eigenvalue weighted by Gasteiger charge is 2.19. The Labute approximate surface area is 177 Å². The molecule has 0 unspecified atom stereocenters. The van der Waals surface area contributed by atoms with Crippen molar-refractivity contribution >= 4 is 23.0 Å². The molecule has 2 aromatic rings. The number of nitrogens with two attached hydrogens (primary N) is 2. The van der Waals surface area contributed by atoms with Gasteiger partial charge in [0, 0.05) is 18.7 Å². The summed E-state index contributed by atoms with van der Waals surface area (Å²) in [6.45, 7) is 3.84. The summed E-state index contributed by atoms with van der Waals surface area (Å²) in [4.78, 5) is 2.40. The first-order valence-corrected chi connectivity index (χ1v) is 10.3. The maximum absolute atomic E-state index is 8.74. The van der Waals surface area contributed by atoms with Gasteiger partial charge in [-0.2, -0.15) is 0 Å². The Morgan fingerprint density at radius 1 is 0.931 bits per heavy atom.